The van der Waals surface area contributed by atoms with E-state index in [9.17, 15) is 0 Å². The first-order chi connectivity index (χ1) is 8.85. The minimum absolute atomic E-state index is 0.320. The van der Waals surface area contributed by atoms with Gasteiger partial charge in [-0.1, -0.05) is 12.8 Å². The van der Waals surface area contributed by atoms with E-state index in [-0.39, 0.29) is 0 Å². The molecule has 3 aliphatic carbocycles. The molecule has 0 aromatic rings. The second-order valence-electron chi connectivity index (χ2n) is 7.28. The third-order valence-electron chi connectivity index (χ3n) is 5.69. The Morgan fingerprint density at radius 1 is 0.944 bits per heavy atom. The molecule has 102 valence electrons. The fraction of sp³-hybridized carbons (Fsp3) is 1.00. The number of hydrogen-bond acceptors (Lipinski definition) is 2. The predicted octanol–water partition coefficient (Wildman–Crippen LogP) is 3.26. The topological polar surface area (TPSA) is 21.3 Å². The van der Waals surface area contributed by atoms with Crippen LogP contribution in [0.5, 0.6) is 0 Å². The molecule has 1 atom stereocenters. The first-order valence-electron chi connectivity index (χ1n) is 8.26. The predicted molar refractivity (Wildman–Crippen MR) is 72.5 cm³/mol. The molecule has 2 heteroatoms. The van der Waals surface area contributed by atoms with Gasteiger partial charge < -0.3 is 10.1 Å². The normalized spacial score (nSPS) is 34.8. The highest BCUT2D eigenvalue weighted by atomic mass is 16.5. The van der Waals surface area contributed by atoms with E-state index < -0.39 is 0 Å². The molecule has 0 bridgehead atoms. The first kappa shape index (κ1) is 11.7. The van der Waals surface area contributed by atoms with Crippen LogP contribution in [0.4, 0.5) is 0 Å². The Labute approximate surface area is 111 Å². The van der Waals surface area contributed by atoms with Crippen LogP contribution in [0.3, 0.4) is 0 Å². The minimum Gasteiger partial charge on any atom is -0.370 e. The lowest BCUT2D eigenvalue weighted by Gasteiger charge is -2.25. The van der Waals surface area contributed by atoms with Crippen LogP contribution in [-0.2, 0) is 4.74 Å². The van der Waals surface area contributed by atoms with E-state index >= 15 is 0 Å². The highest BCUT2D eigenvalue weighted by Crippen LogP contribution is 2.45. The van der Waals surface area contributed by atoms with Crippen molar-refractivity contribution in [2.24, 2.45) is 11.8 Å². The highest BCUT2D eigenvalue weighted by molar-refractivity contribution is 4.98. The molecule has 2 nitrogen and oxygen atoms in total. The second-order valence-corrected chi connectivity index (χ2v) is 7.28. The van der Waals surface area contributed by atoms with Gasteiger partial charge in [0.2, 0.25) is 0 Å². The Morgan fingerprint density at radius 3 is 2.22 bits per heavy atom. The van der Waals surface area contributed by atoms with Crippen LogP contribution in [0, 0.1) is 11.8 Å². The SMILES string of the molecule is C1CCC2(C1)CCC(CNC(C1CC1)C1CC1)O2. The summed E-state index contributed by atoms with van der Waals surface area (Å²) in [5.74, 6) is 2.03. The van der Waals surface area contributed by atoms with Crippen molar-refractivity contribution in [1.82, 2.24) is 5.32 Å². The smallest absolute Gasteiger partial charge is 0.0708 e. The first-order valence-corrected chi connectivity index (χ1v) is 8.26. The average Bonchev–Trinajstić information content (AvgIpc) is 3.31. The summed E-state index contributed by atoms with van der Waals surface area (Å²) in [5.41, 5.74) is 0.320. The zero-order chi connectivity index (χ0) is 12.0. The lowest BCUT2D eigenvalue weighted by molar-refractivity contribution is -0.0362. The van der Waals surface area contributed by atoms with E-state index in [0.717, 1.165) is 24.4 Å². The summed E-state index contributed by atoms with van der Waals surface area (Å²) in [6, 6.07) is 0.841. The van der Waals surface area contributed by atoms with Crippen molar-refractivity contribution in [2.75, 3.05) is 6.54 Å². The summed E-state index contributed by atoms with van der Waals surface area (Å²) < 4.78 is 6.40. The molecule has 0 amide bonds. The Bertz CT molecular complexity index is 290. The Balaban J connectivity index is 1.27. The highest BCUT2D eigenvalue weighted by Gasteiger charge is 2.44. The zero-order valence-corrected chi connectivity index (χ0v) is 11.5. The largest absolute Gasteiger partial charge is 0.370 e. The standard InChI is InChI=1S/C16H27NO/c1-2-9-16(8-1)10-7-14(18-16)11-17-15(12-3-4-12)13-5-6-13/h12-15,17H,1-11H2. The van der Waals surface area contributed by atoms with Crippen molar-refractivity contribution in [3.8, 4) is 0 Å². The summed E-state index contributed by atoms with van der Waals surface area (Å²) in [4.78, 5) is 0. The van der Waals surface area contributed by atoms with Crippen LogP contribution in [-0.4, -0.2) is 24.3 Å². The molecule has 1 heterocycles. The molecular formula is C16H27NO. The van der Waals surface area contributed by atoms with Crippen LogP contribution < -0.4 is 5.32 Å². The zero-order valence-electron chi connectivity index (χ0n) is 11.5. The van der Waals surface area contributed by atoms with Crippen LogP contribution >= 0.6 is 0 Å². The summed E-state index contributed by atoms with van der Waals surface area (Å²) in [5, 5.41) is 3.87. The molecular weight excluding hydrogens is 222 g/mol. The van der Waals surface area contributed by atoms with Gasteiger partial charge >= 0.3 is 0 Å². The fourth-order valence-electron chi connectivity index (χ4n) is 4.32. The number of rotatable bonds is 5. The van der Waals surface area contributed by atoms with E-state index in [0.29, 0.717) is 11.7 Å². The maximum atomic E-state index is 6.40. The summed E-state index contributed by atoms with van der Waals surface area (Å²) in [7, 11) is 0. The summed E-state index contributed by atoms with van der Waals surface area (Å²) in [6.07, 6.45) is 14.5. The second kappa shape index (κ2) is 4.49. The molecule has 1 N–H and O–H groups in total. The van der Waals surface area contributed by atoms with Gasteiger partial charge in [-0.2, -0.15) is 0 Å². The van der Waals surface area contributed by atoms with Gasteiger partial charge in [0.1, 0.15) is 0 Å². The average molecular weight is 249 g/mol. The Kier molecular flexibility index (Phi) is 2.92. The lowest BCUT2D eigenvalue weighted by atomic mass is 9.98. The van der Waals surface area contributed by atoms with Crippen molar-refractivity contribution in [3.05, 3.63) is 0 Å². The number of hydrogen-bond donors (Lipinski definition) is 1. The van der Waals surface area contributed by atoms with Gasteiger partial charge in [0.15, 0.2) is 0 Å². The van der Waals surface area contributed by atoms with Gasteiger partial charge in [0.25, 0.3) is 0 Å². The quantitative estimate of drug-likeness (QED) is 0.807. The number of nitrogens with one attached hydrogen (secondary N) is 1. The molecule has 1 aliphatic heterocycles. The van der Waals surface area contributed by atoms with Gasteiger partial charge in [0, 0.05) is 12.6 Å². The third-order valence-corrected chi connectivity index (χ3v) is 5.69. The van der Waals surface area contributed by atoms with Gasteiger partial charge in [-0.3, -0.25) is 0 Å². The van der Waals surface area contributed by atoms with E-state index in [1.807, 2.05) is 0 Å². The molecule has 1 spiro atoms. The summed E-state index contributed by atoms with van der Waals surface area (Å²) in [6.45, 7) is 1.12. The van der Waals surface area contributed by atoms with Crippen molar-refractivity contribution < 1.29 is 4.74 Å². The van der Waals surface area contributed by atoms with Crippen molar-refractivity contribution in [3.63, 3.8) is 0 Å². The van der Waals surface area contributed by atoms with Crippen LogP contribution in [0.25, 0.3) is 0 Å². The van der Waals surface area contributed by atoms with Crippen LogP contribution in [0.1, 0.15) is 64.2 Å². The number of ether oxygens (including phenoxy) is 1. The van der Waals surface area contributed by atoms with Gasteiger partial charge in [-0.15, -0.1) is 0 Å². The fourth-order valence-corrected chi connectivity index (χ4v) is 4.32. The minimum atomic E-state index is 0.320. The van der Waals surface area contributed by atoms with E-state index in [2.05, 4.69) is 5.32 Å². The maximum absolute atomic E-state index is 6.40. The molecule has 4 aliphatic rings. The Morgan fingerprint density at radius 2 is 1.61 bits per heavy atom. The summed E-state index contributed by atoms with van der Waals surface area (Å²) >= 11 is 0. The van der Waals surface area contributed by atoms with Gasteiger partial charge in [-0.25, -0.2) is 0 Å². The molecule has 3 saturated carbocycles. The molecule has 1 unspecified atom stereocenters. The van der Waals surface area contributed by atoms with E-state index in [1.165, 1.54) is 64.2 Å². The maximum Gasteiger partial charge on any atom is 0.0708 e. The lowest BCUT2D eigenvalue weighted by Crippen LogP contribution is -2.39. The molecule has 18 heavy (non-hydrogen) atoms. The van der Waals surface area contributed by atoms with Gasteiger partial charge in [0.05, 0.1) is 11.7 Å². The van der Waals surface area contributed by atoms with Crippen LogP contribution in [0.15, 0.2) is 0 Å². The van der Waals surface area contributed by atoms with Crippen molar-refractivity contribution >= 4 is 0 Å². The molecule has 4 rings (SSSR count). The molecule has 1 saturated heterocycles. The molecule has 0 radical (unpaired) electrons. The molecule has 0 aromatic carbocycles. The Hall–Kier alpha value is -0.0800. The van der Waals surface area contributed by atoms with Gasteiger partial charge in [-0.05, 0) is 63.2 Å². The third kappa shape index (κ3) is 2.34. The molecule has 0 aromatic heterocycles. The van der Waals surface area contributed by atoms with Crippen LogP contribution in [0.2, 0.25) is 0 Å². The molecule has 4 fully saturated rings. The van der Waals surface area contributed by atoms with E-state index in [4.69, 9.17) is 4.74 Å². The van der Waals surface area contributed by atoms with Crippen molar-refractivity contribution in [2.45, 2.75) is 82.0 Å². The van der Waals surface area contributed by atoms with Crippen molar-refractivity contribution in [1.29, 1.82) is 0 Å². The monoisotopic (exact) mass is 249 g/mol. The van der Waals surface area contributed by atoms with E-state index in [1.54, 1.807) is 0 Å².